The molecule has 35 heavy (non-hydrogen) atoms. The highest BCUT2D eigenvalue weighted by atomic mass is 16.5. The molecule has 2 aliphatic rings. The summed E-state index contributed by atoms with van der Waals surface area (Å²) in [6, 6.07) is 18.4. The molecule has 5 rings (SSSR count). The van der Waals surface area contributed by atoms with Gasteiger partial charge in [0.1, 0.15) is 18.5 Å². The highest BCUT2D eigenvalue weighted by Gasteiger charge is 2.23. The number of ether oxygens (including phenoxy) is 1. The second-order valence-corrected chi connectivity index (χ2v) is 9.76. The molecule has 6 heteroatoms. The number of nitrogens with zero attached hydrogens (tertiary/aromatic N) is 2. The standard InChI is InChI=1S/C29H35N3O3/c33-25(20-31-17-13-22(14-18-31)27-19-24-8-1-3-9-26(24)30-27)21-35-28-10-4-2-7-23(28)11-12-29(34)32-15-5-6-16-32/h1-4,7-12,19,22,25,30,33H,5-6,13-18,20-21H2. The molecule has 3 aromatic rings. The van der Waals surface area contributed by atoms with Crippen LogP contribution in [0.15, 0.2) is 60.7 Å². The summed E-state index contributed by atoms with van der Waals surface area (Å²) >= 11 is 0. The molecule has 2 aromatic carbocycles. The van der Waals surface area contributed by atoms with Gasteiger partial charge in [0.2, 0.25) is 5.91 Å². The predicted octanol–water partition coefficient (Wildman–Crippen LogP) is 4.42. The van der Waals surface area contributed by atoms with Gasteiger partial charge in [-0.1, -0.05) is 36.4 Å². The maximum atomic E-state index is 12.3. The molecule has 6 nitrogen and oxygen atoms in total. The Labute approximate surface area is 207 Å². The molecule has 0 saturated carbocycles. The van der Waals surface area contributed by atoms with Gasteiger partial charge in [0.25, 0.3) is 0 Å². The lowest BCUT2D eigenvalue weighted by Crippen LogP contribution is -2.40. The predicted molar refractivity (Wildman–Crippen MR) is 140 cm³/mol. The van der Waals surface area contributed by atoms with Gasteiger partial charge in [0.15, 0.2) is 0 Å². The molecule has 2 fully saturated rings. The molecule has 2 saturated heterocycles. The molecular formula is C29H35N3O3. The molecule has 2 aliphatic heterocycles. The number of aliphatic hydroxyl groups excluding tert-OH is 1. The third kappa shape index (κ3) is 5.95. The van der Waals surface area contributed by atoms with E-state index < -0.39 is 6.10 Å². The fourth-order valence-electron chi connectivity index (χ4n) is 5.23. The molecular weight excluding hydrogens is 438 g/mol. The number of carbonyl (C=O) groups excluding carboxylic acids is 1. The van der Waals surface area contributed by atoms with E-state index in [1.54, 1.807) is 6.08 Å². The molecule has 1 unspecified atom stereocenters. The van der Waals surface area contributed by atoms with Crippen LogP contribution >= 0.6 is 0 Å². The number of aromatic amines is 1. The van der Waals surface area contributed by atoms with E-state index >= 15 is 0 Å². The summed E-state index contributed by atoms with van der Waals surface area (Å²) < 4.78 is 5.96. The number of fused-ring (bicyclic) bond motifs is 1. The van der Waals surface area contributed by atoms with Gasteiger partial charge in [-0.2, -0.15) is 0 Å². The summed E-state index contributed by atoms with van der Waals surface area (Å²) in [5.41, 5.74) is 3.38. The lowest BCUT2D eigenvalue weighted by molar-refractivity contribution is -0.124. The van der Waals surface area contributed by atoms with Gasteiger partial charge in [-0.25, -0.2) is 0 Å². The molecule has 1 aromatic heterocycles. The van der Waals surface area contributed by atoms with Crippen LogP contribution in [0.5, 0.6) is 5.75 Å². The quantitative estimate of drug-likeness (QED) is 0.475. The molecule has 0 bridgehead atoms. The van der Waals surface area contributed by atoms with E-state index in [9.17, 15) is 9.90 Å². The first-order valence-electron chi connectivity index (χ1n) is 12.8. The summed E-state index contributed by atoms with van der Waals surface area (Å²) in [6.07, 6.45) is 7.20. The summed E-state index contributed by atoms with van der Waals surface area (Å²) in [6.45, 7) is 4.45. The minimum Gasteiger partial charge on any atom is -0.490 e. The Hall–Kier alpha value is -3.09. The number of hydrogen-bond donors (Lipinski definition) is 2. The van der Waals surface area contributed by atoms with Crippen molar-refractivity contribution >= 4 is 22.9 Å². The van der Waals surface area contributed by atoms with Crippen LogP contribution < -0.4 is 4.74 Å². The van der Waals surface area contributed by atoms with Crippen LogP contribution in [0.25, 0.3) is 17.0 Å². The first-order valence-corrected chi connectivity index (χ1v) is 12.8. The van der Waals surface area contributed by atoms with Crippen LogP contribution in [-0.4, -0.2) is 71.2 Å². The number of para-hydroxylation sites is 2. The molecule has 184 valence electrons. The lowest BCUT2D eigenvalue weighted by Gasteiger charge is -2.32. The van der Waals surface area contributed by atoms with Crippen molar-refractivity contribution in [2.24, 2.45) is 0 Å². The summed E-state index contributed by atoms with van der Waals surface area (Å²) in [5, 5.41) is 11.9. The average Bonchev–Trinajstić information content (AvgIpc) is 3.57. The first kappa shape index (κ1) is 23.6. The summed E-state index contributed by atoms with van der Waals surface area (Å²) in [5.74, 6) is 1.27. The van der Waals surface area contributed by atoms with E-state index in [0.717, 1.165) is 57.4 Å². The van der Waals surface area contributed by atoms with Crippen molar-refractivity contribution in [3.05, 3.63) is 71.9 Å². The second-order valence-electron chi connectivity index (χ2n) is 9.76. The molecule has 2 N–H and O–H groups in total. The Kier molecular flexibility index (Phi) is 7.50. The maximum absolute atomic E-state index is 12.3. The topological polar surface area (TPSA) is 68.8 Å². The zero-order chi connectivity index (χ0) is 24.0. The number of H-pyrrole nitrogens is 1. The van der Waals surface area contributed by atoms with Crippen LogP contribution in [0.1, 0.15) is 42.9 Å². The maximum Gasteiger partial charge on any atom is 0.246 e. The number of carbonyl (C=O) groups is 1. The summed E-state index contributed by atoms with van der Waals surface area (Å²) in [7, 11) is 0. The fourth-order valence-corrected chi connectivity index (χ4v) is 5.23. The lowest BCUT2D eigenvalue weighted by atomic mass is 9.93. The van der Waals surface area contributed by atoms with E-state index in [2.05, 4.69) is 40.2 Å². The van der Waals surface area contributed by atoms with Crippen molar-refractivity contribution in [3.63, 3.8) is 0 Å². The second kappa shape index (κ2) is 11.1. The molecule has 0 radical (unpaired) electrons. The number of hydrogen-bond acceptors (Lipinski definition) is 4. The number of rotatable bonds is 8. The Morgan fingerprint density at radius 2 is 1.80 bits per heavy atom. The van der Waals surface area contributed by atoms with Gasteiger partial charge in [0, 0.05) is 48.4 Å². The minimum absolute atomic E-state index is 0.0492. The Morgan fingerprint density at radius 1 is 1.06 bits per heavy atom. The molecule has 0 spiro atoms. The van der Waals surface area contributed by atoms with Crippen molar-refractivity contribution in [1.82, 2.24) is 14.8 Å². The zero-order valence-corrected chi connectivity index (χ0v) is 20.2. The van der Waals surface area contributed by atoms with Crippen molar-refractivity contribution in [2.75, 3.05) is 39.3 Å². The van der Waals surface area contributed by atoms with Gasteiger partial charge < -0.3 is 24.6 Å². The molecule has 1 atom stereocenters. The normalized spacial score (nSPS) is 18.5. The van der Waals surface area contributed by atoms with Crippen LogP contribution in [0.3, 0.4) is 0 Å². The molecule has 0 aliphatic carbocycles. The van der Waals surface area contributed by atoms with E-state index in [0.29, 0.717) is 18.2 Å². The van der Waals surface area contributed by atoms with E-state index in [1.165, 1.54) is 16.6 Å². The van der Waals surface area contributed by atoms with Crippen molar-refractivity contribution in [2.45, 2.75) is 37.7 Å². The molecule has 1 amide bonds. The average molecular weight is 474 g/mol. The van der Waals surface area contributed by atoms with E-state index in [4.69, 9.17) is 4.74 Å². The highest BCUT2D eigenvalue weighted by molar-refractivity contribution is 5.92. The van der Waals surface area contributed by atoms with Gasteiger partial charge in [-0.3, -0.25) is 4.79 Å². The van der Waals surface area contributed by atoms with Crippen LogP contribution in [0.2, 0.25) is 0 Å². The number of likely N-dealkylation sites (tertiary alicyclic amines) is 2. The Balaban J connectivity index is 1.09. The highest BCUT2D eigenvalue weighted by Crippen LogP contribution is 2.30. The zero-order valence-electron chi connectivity index (χ0n) is 20.2. The largest absolute Gasteiger partial charge is 0.490 e. The van der Waals surface area contributed by atoms with Gasteiger partial charge in [-0.05, 0) is 68.4 Å². The van der Waals surface area contributed by atoms with Gasteiger partial charge in [0.05, 0.1) is 0 Å². The number of nitrogens with one attached hydrogen (secondary N) is 1. The third-order valence-electron chi connectivity index (χ3n) is 7.22. The van der Waals surface area contributed by atoms with Gasteiger partial charge in [-0.15, -0.1) is 0 Å². The van der Waals surface area contributed by atoms with Crippen LogP contribution in [0.4, 0.5) is 0 Å². The van der Waals surface area contributed by atoms with Crippen LogP contribution in [-0.2, 0) is 4.79 Å². The Morgan fingerprint density at radius 3 is 2.60 bits per heavy atom. The number of benzene rings is 2. The van der Waals surface area contributed by atoms with Crippen molar-refractivity contribution < 1.29 is 14.6 Å². The van der Waals surface area contributed by atoms with Crippen LogP contribution in [0, 0.1) is 0 Å². The number of aromatic nitrogens is 1. The summed E-state index contributed by atoms with van der Waals surface area (Å²) in [4.78, 5) is 20.1. The molecule has 3 heterocycles. The van der Waals surface area contributed by atoms with Gasteiger partial charge >= 0.3 is 0 Å². The Bertz CT molecular complexity index is 1120. The van der Waals surface area contributed by atoms with Crippen molar-refractivity contribution in [3.8, 4) is 5.75 Å². The minimum atomic E-state index is -0.567. The first-order chi connectivity index (χ1) is 17.2. The van der Waals surface area contributed by atoms with Crippen molar-refractivity contribution in [1.29, 1.82) is 0 Å². The number of amides is 1. The number of piperidine rings is 1. The smallest absolute Gasteiger partial charge is 0.246 e. The SMILES string of the molecule is O=C(C=Cc1ccccc1OCC(O)CN1CCC(c2cc3ccccc3[nH]2)CC1)N1CCCC1. The number of β-amino-alcohol motifs (C(OH)–C–C–N with tert-alkyl or cyclic N) is 1. The van der Waals surface area contributed by atoms with E-state index in [1.807, 2.05) is 35.2 Å². The fraction of sp³-hybridized carbons (Fsp3) is 0.414. The monoisotopic (exact) mass is 473 g/mol. The van der Waals surface area contributed by atoms with E-state index in [-0.39, 0.29) is 12.5 Å². The number of aliphatic hydroxyl groups is 1. The third-order valence-corrected chi connectivity index (χ3v) is 7.22.